The van der Waals surface area contributed by atoms with Gasteiger partial charge in [0.1, 0.15) is 17.4 Å². The Morgan fingerprint density at radius 1 is 1.52 bits per heavy atom. The lowest BCUT2D eigenvalue weighted by Crippen LogP contribution is -2.19. The fourth-order valence-corrected chi connectivity index (χ4v) is 2.92. The van der Waals surface area contributed by atoms with Crippen LogP contribution in [0.3, 0.4) is 0 Å². The van der Waals surface area contributed by atoms with Crippen molar-refractivity contribution < 1.29 is 9.53 Å². The van der Waals surface area contributed by atoms with E-state index in [9.17, 15) is 4.79 Å². The van der Waals surface area contributed by atoms with E-state index in [0.29, 0.717) is 20.8 Å². The summed E-state index contributed by atoms with van der Waals surface area (Å²) in [7, 11) is 0. The van der Waals surface area contributed by atoms with E-state index >= 15 is 0 Å². The lowest BCUT2D eigenvalue weighted by Gasteiger charge is -2.09. The first-order valence-corrected chi connectivity index (χ1v) is 7.57. The molecule has 0 aliphatic heterocycles. The Morgan fingerprint density at radius 3 is 2.86 bits per heavy atom. The van der Waals surface area contributed by atoms with Crippen molar-refractivity contribution in [1.82, 2.24) is 4.98 Å². The van der Waals surface area contributed by atoms with E-state index in [0.717, 1.165) is 5.69 Å². The monoisotopic (exact) mass is 340 g/mol. The maximum absolute atomic E-state index is 12.1. The topological polar surface area (TPSA) is 63.0 Å². The molecule has 1 heterocycles. The minimum atomic E-state index is -0.922. The molecule has 1 unspecified atom stereocenters. The smallest absolute Gasteiger partial charge is 0.194 e. The summed E-state index contributed by atoms with van der Waals surface area (Å²) in [4.78, 5) is 16.2. The van der Waals surface area contributed by atoms with E-state index < -0.39 is 5.92 Å². The first-order chi connectivity index (χ1) is 10.0. The molecule has 0 amide bonds. The second-order valence-corrected chi connectivity index (χ2v) is 5.95. The summed E-state index contributed by atoms with van der Waals surface area (Å²) in [6.07, 6.45) is 0. The standard InChI is InChI=1S/C14H10Cl2N2O2S/c1-8-7-21-14(18-8)10(5-17)12(19)6-20-13-3-2-9(15)4-11(13)16/h2-4,7,10H,6H2,1H3. The van der Waals surface area contributed by atoms with Gasteiger partial charge in [0.15, 0.2) is 11.7 Å². The number of hydrogen-bond donors (Lipinski definition) is 0. The second kappa shape index (κ2) is 6.90. The third-order valence-electron chi connectivity index (χ3n) is 2.60. The summed E-state index contributed by atoms with van der Waals surface area (Å²) >= 11 is 13.0. The van der Waals surface area contributed by atoms with Gasteiger partial charge in [-0.3, -0.25) is 4.79 Å². The van der Waals surface area contributed by atoms with Gasteiger partial charge in [0.25, 0.3) is 0 Å². The fourth-order valence-electron chi connectivity index (χ4n) is 1.59. The molecule has 0 saturated carbocycles. The highest BCUT2D eigenvalue weighted by Gasteiger charge is 2.24. The molecule has 0 N–H and O–H groups in total. The number of carbonyl (C=O) groups excluding carboxylic acids is 1. The molecule has 1 aromatic heterocycles. The number of aromatic nitrogens is 1. The Balaban J connectivity index is 2.05. The number of halogens is 2. The average molecular weight is 341 g/mol. The van der Waals surface area contributed by atoms with Crippen molar-refractivity contribution in [2.24, 2.45) is 0 Å². The first kappa shape index (κ1) is 15.8. The van der Waals surface area contributed by atoms with Crippen molar-refractivity contribution in [3.05, 3.63) is 44.3 Å². The van der Waals surface area contributed by atoms with Crippen LogP contribution in [-0.2, 0) is 4.79 Å². The molecule has 108 valence electrons. The van der Waals surface area contributed by atoms with Gasteiger partial charge in [0.05, 0.1) is 11.1 Å². The zero-order chi connectivity index (χ0) is 15.4. The molecule has 0 saturated heterocycles. The molecule has 1 atom stereocenters. The molecule has 0 fully saturated rings. The van der Waals surface area contributed by atoms with E-state index in [4.69, 9.17) is 33.2 Å². The molecule has 0 aliphatic carbocycles. The summed E-state index contributed by atoms with van der Waals surface area (Å²) in [5.74, 6) is -0.936. The van der Waals surface area contributed by atoms with Crippen molar-refractivity contribution in [3.63, 3.8) is 0 Å². The van der Waals surface area contributed by atoms with Crippen LogP contribution in [0.1, 0.15) is 16.6 Å². The summed E-state index contributed by atoms with van der Waals surface area (Å²) in [5.41, 5.74) is 0.782. The number of Topliss-reactive ketones (excluding diaryl/α,β-unsaturated/α-hetero) is 1. The first-order valence-electron chi connectivity index (χ1n) is 5.93. The predicted octanol–water partition coefficient (Wildman–Crippen LogP) is 4.01. The number of aryl methyl sites for hydroxylation is 1. The Hall–Kier alpha value is -1.61. The zero-order valence-corrected chi connectivity index (χ0v) is 13.3. The molecule has 1 aromatic carbocycles. The number of thiazole rings is 1. The van der Waals surface area contributed by atoms with Gasteiger partial charge in [-0.25, -0.2) is 4.98 Å². The average Bonchev–Trinajstić information content (AvgIpc) is 2.85. The van der Waals surface area contributed by atoms with Gasteiger partial charge in [-0.15, -0.1) is 11.3 Å². The highest BCUT2D eigenvalue weighted by atomic mass is 35.5. The molecular formula is C14H10Cl2N2O2S. The summed E-state index contributed by atoms with van der Waals surface area (Å²) in [5, 5.41) is 12.2. The molecule has 4 nitrogen and oxygen atoms in total. The minimum absolute atomic E-state index is 0.252. The molecule has 0 aliphatic rings. The van der Waals surface area contributed by atoms with Crippen molar-refractivity contribution in [3.8, 4) is 11.8 Å². The van der Waals surface area contributed by atoms with Gasteiger partial charge >= 0.3 is 0 Å². The van der Waals surface area contributed by atoms with Crippen LogP contribution in [0.15, 0.2) is 23.6 Å². The fraction of sp³-hybridized carbons (Fsp3) is 0.214. The summed E-state index contributed by atoms with van der Waals surface area (Å²) < 4.78 is 5.35. The Labute approximate surface area is 135 Å². The molecule has 2 aromatic rings. The van der Waals surface area contributed by atoms with E-state index in [1.54, 1.807) is 17.5 Å². The third-order valence-corrected chi connectivity index (χ3v) is 4.16. The number of rotatable bonds is 5. The number of carbonyl (C=O) groups is 1. The van der Waals surface area contributed by atoms with Crippen LogP contribution < -0.4 is 4.74 Å². The van der Waals surface area contributed by atoms with Crippen molar-refractivity contribution >= 4 is 40.3 Å². The quantitative estimate of drug-likeness (QED) is 0.824. The van der Waals surface area contributed by atoms with Crippen LogP contribution in [0, 0.1) is 18.3 Å². The molecule has 2 rings (SSSR count). The van der Waals surface area contributed by atoms with E-state index in [1.165, 1.54) is 17.4 Å². The number of hydrogen-bond acceptors (Lipinski definition) is 5. The van der Waals surface area contributed by atoms with Crippen LogP contribution >= 0.6 is 34.5 Å². The van der Waals surface area contributed by atoms with Crippen LogP contribution in [0.2, 0.25) is 10.0 Å². The van der Waals surface area contributed by atoms with Gasteiger partial charge in [0.2, 0.25) is 0 Å². The molecule has 7 heteroatoms. The SMILES string of the molecule is Cc1csc(C(C#N)C(=O)COc2ccc(Cl)cc2Cl)n1. The largest absolute Gasteiger partial charge is 0.484 e. The van der Waals surface area contributed by atoms with Crippen LogP contribution in [0.5, 0.6) is 5.75 Å². The summed E-state index contributed by atoms with van der Waals surface area (Å²) in [6, 6.07) is 6.67. The third kappa shape index (κ3) is 3.94. The minimum Gasteiger partial charge on any atom is -0.484 e. The van der Waals surface area contributed by atoms with Crippen molar-refractivity contribution in [1.29, 1.82) is 5.26 Å². The number of benzene rings is 1. The van der Waals surface area contributed by atoms with Gasteiger partial charge in [-0.2, -0.15) is 5.26 Å². The highest BCUT2D eigenvalue weighted by Crippen LogP contribution is 2.28. The number of nitrogens with zero attached hydrogens (tertiary/aromatic N) is 2. The van der Waals surface area contributed by atoms with Crippen LogP contribution in [0.4, 0.5) is 0 Å². The van der Waals surface area contributed by atoms with Gasteiger partial charge in [0, 0.05) is 16.1 Å². The lowest BCUT2D eigenvalue weighted by atomic mass is 10.1. The molecule has 0 spiro atoms. The highest BCUT2D eigenvalue weighted by molar-refractivity contribution is 7.09. The maximum Gasteiger partial charge on any atom is 0.194 e. The molecule has 21 heavy (non-hydrogen) atoms. The second-order valence-electron chi connectivity index (χ2n) is 4.22. The van der Waals surface area contributed by atoms with Crippen molar-refractivity contribution in [2.45, 2.75) is 12.8 Å². The normalized spacial score (nSPS) is 11.7. The predicted molar refractivity (Wildman–Crippen MR) is 82.2 cm³/mol. The number of ketones is 1. The Bertz CT molecular complexity index is 709. The van der Waals surface area contributed by atoms with Gasteiger partial charge < -0.3 is 4.74 Å². The molecular weight excluding hydrogens is 331 g/mol. The van der Waals surface area contributed by atoms with E-state index in [2.05, 4.69) is 4.98 Å². The maximum atomic E-state index is 12.1. The lowest BCUT2D eigenvalue weighted by molar-refractivity contribution is -0.121. The van der Waals surface area contributed by atoms with E-state index in [1.807, 2.05) is 13.0 Å². The number of ether oxygens (including phenoxy) is 1. The zero-order valence-electron chi connectivity index (χ0n) is 11.0. The van der Waals surface area contributed by atoms with Crippen molar-refractivity contribution in [2.75, 3.05) is 6.61 Å². The molecule has 0 bridgehead atoms. The van der Waals surface area contributed by atoms with E-state index in [-0.39, 0.29) is 12.4 Å². The van der Waals surface area contributed by atoms with Crippen LogP contribution in [0.25, 0.3) is 0 Å². The number of nitriles is 1. The Morgan fingerprint density at radius 2 is 2.29 bits per heavy atom. The van der Waals surface area contributed by atoms with Gasteiger partial charge in [-0.1, -0.05) is 23.2 Å². The van der Waals surface area contributed by atoms with Gasteiger partial charge in [-0.05, 0) is 25.1 Å². The molecule has 0 radical (unpaired) electrons. The Kier molecular flexibility index (Phi) is 5.18. The van der Waals surface area contributed by atoms with Crippen LogP contribution in [-0.4, -0.2) is 17.4 Å². The summed E-state index contributed by atoms with van der Waals surface area (Å²) in [6.45, 7) is 1.56.